The highest BCUT2D eigenvalue weighted by atomic mass is 16.5. The minimum atomic E-state index is -0.694. The maximum Gasteiger partial charge on any atom is 0.328 e. The van der Waals surface area contributed by atoms with Gasteiger partial charge >= 0.3 is 5.97 Å². The number of rotatable bonds is 5. The predicted molar refractivity (Wildman–Crippen MR) is 70.3 cm³/mol. The third-order valence-electron chi connectivity index (χ3n) is 2.49. The molecule has 0 radical (unpaired) electrons. The molecule has 1 aromatic rings. The third kappa shape index (κ3) is 5.54. The van der Waals surface area contributed by atoms with Gasteiger partial charge in [-0.25, -0.2) is 9.78 Å². The van der Waals surface area contributed by atoms with Gasteiger partial charge in [-0.05, 0) is 5.41 Å². The molecule has 2 N–H and O–H groups in total. The molecular formula is C13H21N3O3. The Hall–Kier alpha value is -1.85. The molecule has 0 bridgehead atoms. The lowest BCUT2D eigenvalue weighted by atomic mass is 9.92. The molecule has 1 atom stereocenters. The summed E-state index contributed by atoms with van der Waals surface area (Å²) in [5.74, 6) is -0.626. The fraction of sp³-hybridized carbons (Fsp3) is 0.615. The van der Waals surface area contributed by atoms with Gasteiger partial charge < -0.3 is 15.0 Å². The molecule has 0 aromatic carbocycles. The summed E-state index contributed by atoms with van der Waals surface area (Å²) in [6.07, 6.45) is 3.83. The molecule has 0 unspecified atom stereocenters. The molecule has 6 nitrogen and oxygen atoms in total. The first-order valence-corrected chi connectivity index (χ1v) is 6.16. The van der Waals surface area contributed by atoms with Gasteiger partial charge in [0.1, 0.15) is 6.04 Å². The molecule has 0 aliphatic carbocycles. The molecule has 1 heterocycles. The van der Waals surface area contributed by atoms with E-state index in [1.165, 1.54) is 13.4 Å². The Bertz CT molecular complexity index is 421. The van der Waals surface area contributed by atoms with Crippen LogP contribution < -0.4 is 5.32 Å². The van der Waals surface area contributed by atoms with E-state index in [1.807, 2.05) is 20.8 Å². The first-order chi connectivity index (χ1) is 8.81. The van der Waals surface area contributed by atoms with Crippen molar-refractivity contribution in [2.24, 2.45) is 5.41 Å². The second kappa shape index (κ2) is 6.36. The van der Waals surface area contributed by atoms with Crippen LogP contribution in [0.5, 0.6) is 0 Å². The van der Waals surface area contributed by atoms with E-state index in [2.05, 4.69) is 15.3 Å². The van der Waals surface area contributed by atoms with Crippen LogP contribution in [0, 0.1) is 5.41 Å². The first-order valence-electron chi connectivity index (χ1n) is 6.16. The number of methoxy groups -OCH3 is 1. The van der Waals surface area contributed by atoms with Gasteiger partial charge in [0.15, 0.2) is 0 Å². The first kappa shape index (κ1) is 15.2. The lowest BCUT2D eigenvalue weighted by Gasteiger charge is -2.20. The molecule has 0 saturated carbocycles. The monoisotopic (exact) mass is 267 g/mol. The Kier molecular flexibility index (Phi) is 5.09. The van der Waals surface area contributed by atoms with E-state index in [0.29, 0.717) is 12.8 Å². The second-order valence-corrected chi connectivity index (χ2v) is 5.66. The number of aromatic nitrogens is 2. The van der Waals surface area contributed by atoms with Gasteiger partial charge in [0.25, 0.3) is 0 Å². The van der Waals surface area contributed by atoms with Gasteiger partial charge in [-0.3, -0.25) is 4.79 Å². The summed E-state index contributed by atoms with van der Waals surface area (Å²) in [6, 6.07) is -0.694. The number of hydrogen-bond donors (Lipinski definition) is 2. The highest BCUT2D eigenvalue weighted by molar-refractivity contribution is 5.84. The molecule has 19 heavy (non-hydrogen) atoms. The minimum Gasteiger partial charge on any atom is -0.467 e. The number of nitrogens with one attached hydrogen (secondary N) is 2. The summed E-state index contributed by atoms with van der Waals surface area (Å²) in [7, 11) is 1.30. The number of aromatic amines is 1. The van der Waals surface area contributed by atoms with Crippen LogP contribution in [0.3, 0.4) is 0 Å². The lowest BCUT2D eigenvalue weighted by molar-refractivity contribution is -0.145. The molecule has 0 spiro atoms. The van der Waals surface area contributed by atoms with Gasteiger partial charge in [-0.1, -0.05) is 20.8 Å². The van der Waals surface area contributed by atoms with Crippen LogP contribution in [0.1, 0.15) is 32.9 Å². The van der Waals surface area contributed by atoms with E-state index in [-0.39, 0.29) is 11.3 Å². The zero-order valence-corrected chi connectivity index (χ0v) is 11.8. The Balaban J connectivity index is 2.65. The van der Waals surface area contributed by atoms with Crippen molar-refractivity contribution in [3.8, 4) is 0 Å². The average Bonchev–Trinajstić information content (AvgIpc) is 2.77. The maximum atomic E-state index is 11.9. The number of ether oxygens (including phenoxy) is 1. The number of amides is 1. The van der Waals surface area contributed by atoms with Crippen LogP contribution in [0.2, 0.25) is 0 Å². The van der Waals surface area contributed by atoms with Crippen molar-refractivity contribution in [3.05, 3.63) is 18.2 Å². The predicted octanol–water partition coefficient (Wildman–Crippen LogP) is 1.05. The van der Waals surface area contributed by atoms with Gasteiger partial charge in [0.05, 0.1) is 13.4 Å². The van der Waals surface area contributed by atoms with E-state index in [1.54, 1.807) is 6.20 Å². The van der Waals surface area contributed by atoms with Crippen molar-refractivity contribution in [1.29, 1.82) is 0 Å². The van der Waals surface area contributed by atoms with Crippen molar-refractivity contribution in [1.82, 2.24) is 15.3 Å². The van der Waals surface area contributed by atoms with E-state index in [4.69, 9.17) is 4.74 Å². The van der Waals surface area contributed by atoms with Gasteiger partial charge in [-0.2, -0.15) is 0 Å². The zero-order chi connectivity index (χ0) is 14.5. The second-order valence-electron chi connectivity index (χ2n) is 5.66. The quantitative estimate of drug-likeness (QED) is 0.781. The number of H-pyrrole nitrogens is 1. The molecular weight excluding hydrogens is 246 g/mol. The topological polar surface area (TPSA) is 84.1 Å². The molecule has 1 amide bonds. The molecule has 1 aromatic heterocycles. The SMILES string of the molecule is COC(=O)[C@H](Cc1cnc[nH]1)NC(=O)CC(C)(C)C. The zero-order valence-electron chi connectivity index (χ0n) is 11.8. The molecule has 0 saturated heterocycles. The average molecular weight is 267 g/mol. The number of carbonyl (C=O) groups excluding carboxylic acids is 2. The van der Waals surface area contributed by atoms with Crippen molar-refractivity contribution in [2.45, 2.75) is 39.7 Å². The largest absolute Gasteiger partial charge is 0.467 e. The number of esters is 1. The van der Waals surface area contributed by atoms with E-state index < -0.39 is 12.0 Å². The molecule has 106 valence electrons. The fourth-order valence-electron chi connectivity index (χ4n) is 1.68. The van der Waals surface area contributed by atoms with Crippen LogP contribution in [0.4, 0.5) is 0 Å². The number of hydrogen-bond acceptors (Lipinski definition) is 4. The summed E-state index contributed by atoms with van der Waals surface area (Å²) in [5, 5.41) is 2.70. The number of nitrogens with zero attached hydrogens (tertiary/aromatic N) is 1. The highest BCUT2D eigenvalue weighted by Crippen LogP contribution is 2.18. The summed E-state index contributed by atoms with van der Waals surface area (Å²) < 4.78 is 4.70. The third-order valence-corrected chi connectivity index (χ3v) is 2.49. The van der Waals surface area contributed by atoms with Crippen LogP contribution in [-0.2, 0) is 20.7 Å². The molecule has 6 heteroatoms. The van der Waals surface area contributed by atoms with Crippen LogP contribution >= 0.6 is 0 Å². The van der Waals surface area contributed by atoms with Gasteiger partial charge in [0.2, 0.25) is 5.91 Å². The Morgan fingerprint density at radius 3 is 2.63 bits per heavy atom. The summed E-state index contributed by atoms with van der Waals surface area (Å²) in [5.41, 5.74) is 0.644. The fourth-order valence-corrected chi connectivity index (χ4v) is 1.68. The van der Waals surface area contributed by atoms with Crippen molar-refractivity contribution < 1.29 is 14.3 Å². The van der Waals surface area contributed by atoms with Gasteiger partial charge in [0, 0.05) is 24.7 Å². The molecule has 0 fully saturated rings. The van der Waals surface area contributed by atoms with E-state index in [0.717, 1.165) is 5.69 Å². The normalized spacial score (nSPS) is 12.8. The molecule has 1 rings (SSSR count). The molecule has 0 aliphatic heterocycles. The Morgan fingerprint density at radius 2 is 2.16 bits per heavy atom. The lowest BCUT2D eigenvalue weighted by Crippen LogP contribution is -2.44. The Morgan fingerprint density at radius 1 is 1.47 bits per heavy atom. The minimum absolute atomic E-state index is 0.126. The Labute approximate surface area is 112 Å². The van der Waals surface area contributed by atoms with Crippen LogP contribution in [0.25, 0.3) is 0 Å². The van der Waals surface area contributed by atoms with E-state index >= 15 is 0 Å². The van der Waals surface area contributed by atoms with Gasteiger partial charge in [-0.15, -0.1) is 0 Å². The highest BCUT2D eigenvalue weighted by Gasteiger charge is 2.24. The van der Waals surface area contributed by atoms with Crippen molar-refractivity contribution in [3.63, 3.8) is 0 Å². The smallest absolute Gasteiger partial charge is 0.328 e. The summed E-state index contributed by atoms with van der Waals surface area (Å²) in [6.45, 7) is 5.90. The standard InChI is InChI=1S/C13H21N3O3/c1-13(2,3)6-11(17)16-10(12(18)19-4)5-9-7-14-8-15-9/h7-8,10H,5-6H2,1-4H3,(H,14,15)(H,16,17)/t10-/m0/s1. The van der Waals surface area contributed by atoms with Crippen LogP contribution in [0.15, 0.2) is 12.5 Å². The van der Waals surface area contributed by atoms with Crippen molar-refractivity contribution >= 4 is 11.9 Å². The number of imidazole rings is 1. The maximum absolute atomic E-state index is 11.9. The summed E-state index contributed by atoms with van der Waals surface area (Å²) in [4.78, 5) is 30.3. The van der Waals surface area contributed by atoms with Crippen molar-refractivity contribution in [2.75, 3.05) is 7.11 Å². The summed E-state index contributed by atoms with van der Waals surface area (Å²) >= 11 is 0. The van der Waals surface area contributed by atoms with E-state index in [9.17, 15) is 9.59 Å². The molecule has 0 aliphatic rings. The van der Waals surface area contributed by atoms with Crippen LogP contribution in [-0.4, -0.2) is 35.0 Å². The number of carbonyl (C=O) groups is 2.